The minimum atomic E-state index is -4.22. The molecule has 0 spiro atoms. The van der Waals surface area contributed by atoms with E-state index in [1.807, 2.05) is 83.1 Å². The molecule has 71 heavy (non-hydrogen) atoms. The van der Waals surface area contributed by atoms with Crippen molar-refractivity contribution in [2.75, 3.05) is 85.4 Å². The highest BCUT2D eigenvalue weighted by atomic mass is 32.5. The normalized spacial score (nSPS) is 14.0. The zero-order valence-corrected chi connectivity index (χ0v) is 55.4. The predicted octanol–water partition coefficient (Wildman–Crippen LogP) is 7.90. The lowest BCUT2D eigenvalue weighted by Gasteiger charge is -2.41. The minimum Gasteiger partial charge on any atom is -0.374 e. The molecule has 0 aliphatic carbocycles. The first-order valence-electron chi connectivity index (χ1n) is 24.9. The fourth-order valence-corrected chi connectivity index (χ4v) is 31.0. The Hall–Kier alpha value is 2.67. The van der Waals surface area contributed by atoms with Crippen LogP contribution in [0.25, 0.3) is 0 Å². The standard InChI is InChI=1S/C20H48O10P2S2Si2.C19H46O10P2S2Si2/c1-7-25-35(26-8-2,27-9-3)17-13-15-20(32(23,24)34,19-31(21,22)33)16-14-18-36(28-10-4,29-11-5)30-12-6;1-7-24-34(25-8-2,26-9-3)17-13-15-19(30(20,21)32,31(22,23)33)16-14-18-35(27-10-4,28-11-5)29-12-6/h7-19H2,1-6H3,(H2,21,22,33)(H2,23,24,34);7-18H2,1-6H3,(H2,20,21,32)(H2,22,23,33). The van der Waals surface area contributed by atoms with E-state index in [0.717, 1.165) is 0 Å². The first-order chi connectivity index (χ1) is 33.0. The maximum Gasteiger partial charge on any atom is 0.500 e. The second-order valence-electron chi connectivity index (χ2n) is 16.0. The van der Waals surface area contributed by atoms with E-state index in [4.69, 9.17) is 100 Å². The molecule has 0 aromatic carbocycles. The molecule has 0 saturated carbocycles. The number of hydrogen-bond acceptors (Lipinski definition) is 16. The van der Waals surface area contributed by atoms with Gasteiger partial charge in [0.1, 0.15) is 4.90 Å². The molecular formula is C39H94O20P4S4Si4. The summed E-state index contributed by atoms with van der Waals surface area (Å²) in [6, 6.07) is 1.55. The van der Waals surface area contributed by atoms with Gasteiger partial charge in [0.05, 0.1) is 5.16 Å². The van der Waals surface area contributed by atoms with Gasteiger partial charge < -0.3 is 92.3 Å². The maximum atomic E-state index is 10.8. The van der Waals surface area contributed by atoms with E-state index in [0.29, 0.717) is 129 Å². The van der Waals surface area contributed by atoms with Gasteiger partial charge >= 0.3 is 35.2 Å². The van der Waals surface area contributed by atoms with Gasteiger partial charge in [-0.15, -0.1) is 0 Å². The highest BCUT2D eigenvalue weighted by Crippen LogP contribution is 2.73. The highest BCUT2D eigenvalue weighted by Gasteiger charge is 2.55. The molecule has 0 fully saturated rings. The molecular weight excluding hydrogens is 1150 g/mol. The van der Waals surface area contributed by atoms with Gasteiger partial charge in [-0.05, 0) is 182 Å². The van der Waals surface area contributed by atoms with Crippen molar-refractivity contribution in [1.82, 2.24) is 0 Å². The van der Waals surface area contributed by atoms with Crippen LogP contribution in [0.2, 0.25) is 24.2 Å². The number of hydrogen-bond donors (Lipinski definition) is 8. The topological polar surface area (TPSA) is 273 Å². The largest absolute Gasteiger partial charge is 0.500 e. The monoisotopic (exact) mass is 1250 g/mol. The molecule has 0 amide bonds. The Bertz CT molecular complexity index is 1450. The van der Waals surface area contributed by atoms with E-state index in [1.165, 1.54) is 0 Å². The van der Waals surface area contributed by atoms with Gasteiger partial charge in [-0.3, -0.25) is 0 Å². The van der Waals surface area contributed by atoms with Crippen molar-refractivity contribution >= 4 is 108 Å². The summed E-state index contributed by atoms with van der Waals surface area (Å²) in [4.78, 5) is 83.1. The van der Waals surface area contributed by atoms with Gasteiger partial charge in [0, 0.05) is 110 Å². The summed E-state index contributed by atoms with van der Waals surface area (Å²) in [5.74, 6) is 0. The second kappa shape index (κ2) is 37.6. The lowest BCUT2D eigenvalue weighted by molar-refractivity contribution is 0.0690. The van der Waals surface area contributed by atoms with E-state index in [-0.39, 0.29) is 31.8 Å². The van der Waals surface area contributed by atoms with E-state index < -0.39 is 71.2 Å². The Morgan fingerprint density at radius 2 is 0.493 bits per heavy atom. The van der Waals surface area contributed by atoms with Crippen LogP contribution in [-0.4, -0.2) is 170 Å². The molecule has 0 bridgehead atoms. The Morgan fingerprint density at radius 3 is 0.634 bits per heavy atom. The third-order valence-electron chi connectivity index (χ3n) is 10.9. The van der Waals surface area contributed by atoms with E-state index in [2.05, 4.69) is 0 Å². The number of rotatable bonds is 45. The molecule has 8 N–H and O–H groups in total. The van der Waals surface area contributed by atoms with Crippen molar-refractivity contribution < 1.29 is 92.3 Å². The van der Waals surface area contributed by atoms with Crippen LogP contribution in [0.3, 0.4) is 0 Å². The lowest BCUT2D eigenvalue weighted by Crippen LogP contribution is -2.47. The Kier molecular flexibility index (Phi) is 40.1. The van der Waals surface area contributed by atoms with Crippen LogP contribution in [0.5, 0.6) is 0 Å². The van der Waals surface area contributed by atoms with Gasteiger partial charge in [-0.2, -0.15) is 0 Å². The average Bonchev–Trinajstić information content (AvgIpc) is 3.23. The first kappa shape index (κ1) is 75.7. The third-order valence-corrected chi connectivity index (χ3v) is 35.9. The van der Waals surface area contributed by atoms with Crippen LogP contribution in [0.4, 0.5) is 0 Å². The first-order valence-corrected chi connectivity index (χ1v) is 43.6. The minimum absolute atomic E-state index is 0.0179. The summed E-state index contributed by atoms with van der Waals surface area (Å²) in [7, 11) is -12.0. The lowest BCUT2D eigenvalue weighted by atomic mass is 9.99. The summed E-state index contributed by atoms with van der Waals surface area (Å²) >= 11 is 20.3. The maximum absolute atomic E-state index is 10.8. The molecule has 0 aromatic heterocycles. The zero-order valence-electron chi connectivity index (χ0n) is 44.6. The van der Waals surface area contributed by atoms with E-state index >= 15 is 0 Å². The molecule has 0 atom stereocenters. The van der Waals surface area contributed by atoms with Crippen molar-refractivity contribution in [3.05, 3.63) is 0 Å². The Labute approximate surface area is 452 Å². The molecule has 0 rings (SSSR count). The fourth-order valence-electron chi connectivity index (χ4n) is 8.38. The summed E-state index contributed by atoms with van der Waals surface area (Å²) < 4.78 is 70.7. The Balaban J connectivity index is 0. The third kappa shape index (κ3) is 27.1. The summed E-state index contributed by atoms with van der Waals surface area (Å²) in [6.07, 6.45) is 1.45. The molecule has 0 heterocycles. The molecule has 0 aromatic rings. The second-order valence-corrected chi connectivity index (χ2v) is 41.2. The average molecular weight is 1250 g/mol. The predicted molar refractivity (Wildman–Crippen MR) is 304 cm³/mol. The van der Waals surface area contributed by atoms with Crippen LogP contribution in [-0.2, 0) is 100 Å². The van der Waals surface area contributed by atoms with Gasteiger partial charge in [0.15, 0.2) is 26.0 Å². The SMILES string of the molecule is CCO[Si](CCCC(CCC[Si](OCC)(OCC)OCC)(CP(O)(O)=S)P(O)(O)=S)(OCC)OCC.CCO[Si](CCCC(CCC[Si](OCC)(OCC)OCC)(P(O)(O)=S)P(O)(O)=S)(OCC)OCC. The highest BCUT2D eigenvalue weighted by molar-refractivity contribution is 8.19. The Morgan fingerprint density at radius 1 is 0.310 bits per heavy atom. The molecule has 0 radical (unpaired) electrons. The van der Waals surface area contributed by atoms with Gasteiger partial charge in [0.2, 0.25) is 0 Å². The summed E-state index contributed by atoms with van der Waals surface area (Å²) in [5.41, 5.74) is 0. The van der Waals surface area contributed by atoms with Gasteiger partial charge in [0.25, 0.3) is 0 Å². The quantitative estimate of drug-likeness (QED) is 0.0213. The molecule has 0 aliphatic heterocycles. The van der Waals surface area contributed by atoms with Crippen LogP contribution in [0.15, 0.2) is 0 Å². The molecule has 32 heteroatoms. The van der Waals surface area contributed by atoms with Crippen LogP contribution < -0.4 is 0 Å². The van der Waals surface area contributed by atoms with Crippen molar-refractivity contribution in [3.8, 4) is 0 Å². The summed E-state index contributed by atoms with van der Waals surface area (Å²) in [5, 5.41) is -1.36. The van der Waals surface area contributed by atoms with Crippen molar-refractivity contribution in [1.29, 1.82) is 0 Å². The molecule has 0 saturated heterocycles. The molecule has 0 aliphatic rings. The fraction of sp³-hybridized carbons (Fsp3) is 1.00. The van der Waals surface area contributed by atoms with E-state index in [1.54, 1.807) is 0 Å². The van der Waals surface area contributed by atoms with Crippen molar-refractivity contribution in [2.24, 2.45) is 0 Å². The van der Waals surface area contributed by atoms with Crippen molar-refractivity contribution in [3.63, 3.8) is 0 Å². The smallest absolute Gasteiger partial charge is 0.374 e. The zero-order chi connectivity index (χ0) is 55.2. The molecule has 20 nitrogen and oxygen atoms in total. The van der Waals surface area contributed by atoms with E-state index in [9.17, 15) is 39.1 Å². The van der Waals surface area contributed by atoms with Gasteiger partial charge in [-0.1, -0.05) is 0 Å². The van der Waals surface area contributed by atoms with Crippen molar-refractivity contribution in [2.45, 2.75) is 169 Å². The molecule has 430 valence electrons. The van der Waals surface area contributed by atoms with Gasteiger partial charge in [-0.25, -0.2) is 0 Å². The van der Waals surface area contributed by atoms with Crippen LogP contribution >= 0.6 is 26.0 Å². The summed E-state index contributed by atoms with van der Waals surface area (Å²) in [6.45, 7) is 10.9. The molecule has 0 unspecified atom stereocenters. The van der Waals surface area contributed by atoms with Crippen LogP contribution in [0.1, 0.15) is 134 Å². The van der Waals surface area contributed by atoms with Crippen LogP contribution in [0, 0.1) is 0 Å².